The van der Waals surface area contributed by atoms with Gasteiger partial charge in [0.15, 0.2) is 0 Å². The lowest BCUT2D eigenvalue weighted by Crippen LogP contribution is -2.38. The molecule has 0 aliphatic rings. The van der Waals surface area contributed by atoms with Gasteiger partial charge in [-0.15, -0.1) is 0 Å². The summed E-state index contributed by atoms with van der Waals surface area (Å²) in [4.78, 5) is 25.1. The first-order valence-electron chi connectivity index (χ1n) is 11.4. The van der Waals surface area contributed by atoms with Crippen LogP contribution in [0.15, 0.2) is 77.7 Å². The van der Waals surface area contributed by atoms with Gasteiger partial charge in [0.25, 0.3) is 10.0 Å². The molecule has 0 aliphatic heterocycles. The van der Waals surface area contributed by atoms with E-state index in [-0.39, 0.29) is 4.90 Å². The number of sulfonamides is 1. The van der Waals surface area contributed by atoms with Crippen LogP contribution in [-0.4, -0.2) is 33.4 Å². The molecule has 7 nitrogen and oxygen atoms in total. The van der Waals surface area contributed by atoms with Crippen LogP contribution in [-0.2, 0) is 19.6 Å². The number of hydrogen-bond acceptors (Lipinski definition) is 5. The van der Waals surface area contributed by atoms with E-state index >= 15 is 0 Å². The average Bonchev–Trinajstić information content (AvgIpc) is 2.84. The summed E-state index contributed by atoms with van der Waals surface area (Å²) in [6.07, 6.45) is 1.72. The summed E-state index contributed by atoms with van der Waals surface area (Å²) in [6.45, 7) is 5.62. The van der Waals surface area contributed by atoms with E-state index in [0.29, 0.717) is 23.5 Å². The van der Waals surface area contributed by atoms with Crippen LogP contribution in [0.1, 0.15) is 41.3 Å². The maximum Gasteiger partial charge on any atom is 0.338 e. The Kier molecular flexibility index (Phi) is 8.65. The van der Waals surface area contributed by atoms with Crippen LogP contribution < -0.4 is 9.62 Å². The second kappa shape index (κ2) is 11.7. The van der Waals surface area contributed by atoms with Crippen molar-refractivity contribution in [1.82, 2.24) is 0 Å². The molecule has 3 rings (SSSR count). The van der Waals surface area contributed by atoms with Gasteiger partial charge < -0.3 is 10.1 Å². The van der Waals surface area contributed by atoms with E-state index in [1.165, 1.54) is 12.1 Å². The number of nitrogens with zero attached hydrogens (tertiary/aromatic N) is 1. The van der Waals surface area contributed by atoms with Gasteiger partial charge in [0.1, 0.15) is 6.54 Å². The SMILES string of the molecule is CCCCOC(=O)c1ccc(NC(=O)CN(c2ccccc2C)S(=O)(=O)c2ccc(C)cc2)cc1. The summed E-state index contributed by atoms with van der Waals surface area (Å²) >= 11 is 0. The second-order valence-electron chi connectivity index (χ2n) is 8.23. The van der Waals surface area contributed by atoms with Crippen molar-refractivity contribution >= 4 is 33.3 Å². The molecule has 0 heterocycles. The third-order valence-electron chi connectivity index (χ3n) is 5.42. The van der Waals surface area contributed by atoms with E-state index in [9.17, 15) is 18.0 Å². The van der Waals surface area contributed by atoms with Crippen molar-refractivity contribution in [2.75, 3.05) is 22.8 Å². The molecule has 1 amide bonds. The molecule has 0 saturated carbocycles. The highest BCUT2D eigenvalue weighted by Crippen LogP contribution is 2.27. The molecule has 184 valence electrons. The van der Waals surface area contributed by atoms with Gasteiger partial charge in [-0.05, 0) is 68.3 Å². The number of nitrogens with one attached hydrogen (secondary N) is 1. The number of para-hydroxylation sites is 1. The van der Waals surface area contributed by atoms with Crippen LogP contribution in [0.5, 0.6) is 0 Å². The number of carbonyl (C=O) groups excluding carboxylic acids is 2. The summed E-state index contributed by atoms with van der Waals surface area (Å²) in [7, 11) is -4.00. The molecule has 0 aromatic heterocycles. The number of anilines is 2. The van der Waals surface area contributed by atoms with Gasteiger partial charge in [0.05, 0.1) is 22.8 Å². The molecule has 0 unspecified atom stereocenters. The Morgan fingerprint density at radius 2 is 1.57 bits per heavy atom. The molecule has 0 aliphatic carbocycles. The predicted octanol–water partition coefficient (Wildman–Crippen LogP) is 5.09. The highest BCUT2D eigenvalue weighted by atomic mass is 32.2. The summed E-state index contributed by atoms with van der Waals surface area (Å²) in [5.74, 6) is -0.937. The molecule has 0 saturated heterocycles. The average molecular weight is 495 g/mol. The fourth-order valence-corrected chi connectivity index (χ4v) is 4.88. The van der Waals surface area contributed by atoms with Gasteiger partial charge >= 0.3 is 5.97 Å². The van der Waals surface area contributed by atoms with E-state index in [0.717, 1.165) is 28.3 Å². The topological polar surface area (TPSA) is 92.8 Å². The summed E-state index contributed by atoms with van der Waals surface area (Å²) in [5, 5.41) is 2.72. The molecule has 3 aromatic rings. The number of aryl methyl sites for hydroxylation is 2. The third-order valence-corrected chi connectivity index (χ3v) is 7.19. The first-order valence-corrected chi connectivity index (χ1v) is 12.9. The summed E-state index contributed by atoms with van der Waals surface area (Å²) < 4.78 is 33.3. The second-order valence-corrected chi connectivity index (χ2v) is 10.1. The van der Waals surface area contributed by atoms with Gasteiger partial charge in [0.2, 0.25) is 5.91 Å². The maximum atomic E-state index is 13.5. The van der Waals surface area contributed by atoms with Crippen LogP contribution >= 0.6 is 0 Å². The Morgan fingerprint density at radius 3 is 2.20 bits per heavy atom. The lowest BCUT2D eigenvalue weighted by Gasteiger charge is -2.25. The van der Waals surface area contributed by atoms with Gasteiger partial charge in [0, 0.05) is 5.69 Å². The minimum Gasteiger partial charge on any atom is -0.462 e. The third kappa shape index (κ3) is 6.70. The predicted molar refractivity (Wildman–Crippen MR) is 137 cm³/mol. The standard InChI is InChI=1S/C27H30N2O5S/c1-4-5-18-34-27(31)22-12-14-23(15-13-22)28-26(30)19-29(25-9-7-6-8-21(25)3)35(32,33)24-16-10-20(2)11-17-24/h6-17H,4-5,18-19H2,1-3H3,(H,28,30). The quantitative estimate of drug-likeness (QED) is 0.313. The normalized spacial score (nSPS) is 11.1. The Hall–Kier alpha value is -3.65. The van der Waals surface area contributed by atoms with Crippen molar-refractivity contribution in [3.63, 3.8) is 0 Å². The van der Waals surface area contributed by atoms with Crippen LogP contribution in [0.3, 0.4) is 0 Å². The molecule has 0 atom stereocenters. The maximum absolute atomic E-state index is 13.5. The fraction of sp³-hybridized carbons (Fsp3) is 0.259. The van der Waals surface area contributed by atoms with E-state index in [1.54, 1.807) is 61.5 Å². The zero-order valence-electron chi connectivity index (χ0n) is 20.2. The lowest BCUT2D eigenvalue weighted by molar-refractivity contribution is -0.114. The monoisotopic (exact) mass is 494 g/mol. The minimum absolute atomic E-state index is 0.102. The molecule has 8 heteroatoms. The smallest absolute Gasteiger partial charge is 0.338 e. The lowest BCUT2D eigenvalue weighted by atomic mass is 10.2. The Labute approximate surface area is 206 Å². The van der Waals surface area contributed by atoms with Crippen molar-refractivity contribution in [2.24, 2.45) is 0 Å². The minimum atomic E-state index is -4.00. The largest absolute Gasteiger partial charge is 0.462 e. The molecule has 35 heavy (non-hydrogen) atoms. The van der Waals surface area contributed by atoms with Gasteiger partial charge in [-0.25, -0.2) is 13.2 Å². The molecule has 0 radical (unpaired) electrons. The highest BCUT2D eigenvalue weighted by Gasteiger charge is 2.28. The van der Waals surface area contributed by atoms with Crippen LogP contribution in [0.2, 0.25) is 0 Å². The number of amides is 1. The van der Waals surface area contributed by atoms with Crippen molar-refractivity contribution in [1.29, 1.82) is 0 Å². The van der Waals surface area contributed by atoms with E-state index in [1.807, 2.05) is 19.9 Å². The number of rotatable bonds is 10. The Balaban J connectivity index is 1.79. The number of benzene rings is 3. The Bertz CT molecular complexity index is 1270. The molecule has 0 spiro atoms. The summed E-state index contributed by atoms with van der Waals surface area (Å²) in [6, 6.07) is 19.8. The fourth-order valence-electron chi connectivity index (χ4n) is 3.39. The van der Waals surface area contributed by atoms with Crippen LogP contribution in [0, 0.1) is 13.8 Å². The van der Waals surface area contributed by atoms with Crippen LogP contribution in [0.4, 0.5) is 11.4 Å². The molecule has 0 bridgehead atoms. The zero-order valence-corrected chi connectivity index (χ0v) is 21.0. The molecule has 3 aromatic carbocycles. The number of carbonyl (C=O) groups is 2. The van der Waals surface area contributed by atoms with Gasteiger partial charge in [-0.2, -0.15) is 0 Å². The van der Waals surface area contributed by atoms with Crippen molar-refractivity contribution in [3.8, 4) is 0 Å². The highest BCUT2D eigenvalue weighted by molar-refractivity contribution is 7.92. The van der Waals surface area contributed by atoms with E-state index < -0.39 is 28.4 Å². The number of unbranched alkanes of at least 4 members (excludes halogenated alkanes) is 1. The first-order chi connectivity index (χ1) is 16.7. The molecule has 0 fully saturated rings. The number of esters is 1. The van der Waals surface area contributed by atoms with Crippen molar-refractivity contribution in [3.05, 3.63) is 89.5 Å². The number of ether oxygens (including phenoxy) is 1. The van der Waals surface area contributed by atoms with Gasteiger partial charge in [-0.1, -0.05) is 49.2 Å². The van der Waals surface area contributed by atoms with Gasteiger partial charge in [-0.3, -0.25) is 9.10 Å². The Morgan fingerprint density at radius 1 is 0.914 bits per heavy atom. The van der Waals surface area contributed by atoms with Crippen LogP contribution in [0.25, 0.3) is 0 Å². The summed E-state index contributed by atoms with van der Waals surface area (Å²) in [5.41, 5.74) is 2.90. The van der Waals surface area contributed by atoms with Crippen molar-refractivity contribution in [2.45, 2.75) is 38.5 Å². The molecular formula is C27H30N2O5S. The molecule has 1 N–H and O–H groups in total. The van der Waals surface area contributed by atoms with Crippen molar-refractivity contribution < 1.29 is 22.7 Å². The first kappa shape index (κ1) is 26.0. The van der Waals surface area contributed by atoms with E-state index in [4.69, 9.17) is 4.74 Å². The number of hydrogen-bond donors (Lipinski definition) is 1. The molecular weight excluding hydrogens is 464 g/mol. The zero-order chi connectivity index (χ0) is 25.4. The van der Waals surface area contributed by atoms with E-state index in [2.05, 4.69) is 5.32 Å².